The summed E-state index contributed by atoms with van der Waals surface area (Å²) in [5, 5.41) is 0. The van der Waals surface area contributed by atoms with Crippen molar-refractivity contribution in [2.75, 3.05) is 14.1 Å². The average molecular weight is 490 g/mol. The maximum atomic E-state index is 16.2. The highest BCUT2D eigenvalue weighted by atomic mass is 19.1. The zero-order valence-electron chi connectivity index (χ0n) is 20.2. The van der Waals surface area contributed by atoms with Crippen molar-refractivity contribution in [1.82, 2.24) is 35.7 Å². The summed E-state index contributed by atoms with van der Waals surface area (Å²) in [6.45, 7) is 0.766. The van der Waals surface area contributed by atoms with Crippen LogP contribution in [0.4, 0.5) is 8.78 Å². The van der Waals surface area contributed by atoms with Crippen molar-refractivity contribution in [1.29, 1.82) is 0 Å². The minimum atomic E-state index is -1.07. The number of imidazole rings is 1. The maximum absolute atomic E-state index is 16.2. The maximum Gasteiger partial charge on any atom is 0.178 e. The first-order valence-corrected chi connectivity index (χ1v) is 12.3. The third kappa shape index (κ3) is 4.17. The van der Waals surface area contributed by atoms with Crippen molar-refractivity contribution < 1.29 is 8.78 Å². The molecule has 5 unspecified atom stereocenters. The number of nitrogens with zero attached hydrogens (tertiary/aromatic N) is 4. The molecule has 2 aliphatic rings. The molecule has 3 aromatic heterocycles. The molecular weight excluding hydrogens is 460 g/mol. The van der Waals surface area contributed by atoms with Gasteiger partial charge < -0.3 is 9.88 Å². The second-order valence-corrected chi connectivity index (χ2v) is 10.1. The Labute approximate surface area is 208 Å². The van der Waals surface area contributed by atoms with Crippen LogP contribution < -0.4 is 10.9 Å². The van der Waals surface area contributed by atoms with Crippen molar-refractivity contribution in [2.24, 2.45) is 5.92 Å². The second kappa shape index (κ2) is 9.31. The standard InChI is InChI=1S/C27H29F2N7/c1-36(2)14-15-10-17(13-30-12-15)19-6-7-21-22(23(19)29)25(35-34-21)27-32-24-20(8-9-31-26(24)33-27)16-4-3-5-18(28)11-16/h3-5,8-13,19,21-23,25,34-35H,6-7,14H2,1-2H3,(H,31,32,33). The van der Waals surface area contributed by atoms with Crippen LogP contribution in [0.5, 0.6) is 0 Å². The summed E-state index contributed by atoms with van der Waals surface area (Å²) in [6.07, 6.45) is 5.85. The van der Waals surface area contributed by atoms with Gasteiger partial charge in [0.1, 0.15) is 17.8 Å². The number of benzene rings is 1. The third-order valence-electron chi connectivity index (χ3n) is 7.40. The second-order valence-electron chi connectivity index (χ2n) is 10.1. The molecule has 0 bridgehead atoms. The number of halogens is 2. The Kier molecular flexibility index (Phi) is 5.99. The molecule has 1 aromatic carbocycles. The van der Waals surface area contributed by atoms with E-state index in [2.05, 4.69) is 36.8 Å². The highest BCUT2D eigenvalue weighted by Gasteiger charge is 2.49. The number of pyridine rings is 2. The first-order valence-electron chi connectivity index (χ1n) is 12.3. The number of H-pyrrole nitrogens is 1. The fourth-order valence-corrected chi connectivity index (χ4v) is 5.81. The smallest absolute Gasteiger partial charge is 0.178 e. The lowest BCUT2D eigenvalue weighted by Crippen LogP contribution is -2.41. The number of hydrogen-bond donors (Lipinski definition) is 3. The lowest BCUT2D eigenvalue weighted by molar-refractivity contribution is 0.117. The molecule has 1 aliphatic carbocycles. The molecule has 4 aromatic rings. The molecule has 5 atom stereocenters. The quantitative estimate of drug-likeness (QED) is 0.389. The van der Waals surface area contributed by atoms with E-state index in [9.17, 15) is 4.39 Å². The Hall–Kier alpha value is -3.27. The van der Waals surface area contributed by atoms with Crippen LogP contribution in [0, 0.1) is 11.7 Å². The van der Waals surface area contributed by atoms with E-state index in [1.807, 2.05) is 32.4 Å². The Morgan fingerprint density at radius 2 is 1.97 bits per heavy atom. The summed E-state index contributed by atoms with van der Waals surface area (Å²) in [5.41, 5.74) is 11.4. The van der Waals surface area contributed by atoms with E-state index in [0.29, 0.717) is 17.0 Å². The lowest BCUT2D eigenvalue weighted by Gasteiger charge is -2.36. The van der Waals surface area contributed by atoms with Gasteiger partial charge in [0.05, 0.1) is 11.6 Å². The number of nitrogens with one attached hydrogen (secondary N) is 3. The van der Waals surface area contributed by atoms with Gasteiger partial charge in [0.25, 0.3) is 0 Å². The zero-order chi connectivity index (χ0) is 24.8. The molecule has 0 spiro atoms. The summed E-state index contributed by atoms with van der Waals surface area (Å²) in [4.78, 5) is 19.0. The summed E-state index contributed by atoms with van der Waals surface area (Å²) in [7, 11) is 4.02. The number of aromatic nitrogens is 4. The Morgan fingerprint density at radius 3 is 2.81 bits per heavy atom. The summed E-state index contributed by atoms with van der Waals surface area (Å²) < 4.78 is 30.1. The first kappa shape index (κ1) is 23.1. The molecule has 3 N–H and O–H groups in total. The van der Waals surface area contributed by atoms with E-state index in [-0.39, 0.29) is 29.7 Å². The van der Waals surface area contributed by atoms with E-state index < -0.39 is 6.17 Å². The van der Waals surface area contributed by atoms with Gasteiger partial charge in [0.15, 0.2) is 5.65 Å². The van der Waals surface area contributed by atoms with Crippen molar-refractivity contribution in [3.05, 3.63) is 77.8 Å². The van der Waals surface area contributed by atoms with Crippen molar-refractivity contribution >= 4 is 11.2 Å². The zero-order valence-corrected chi connectivity index (χ0v) is 20.2. The molecule has 1 aliphatic heterocycles. The van der Waals surface area contributed by atoms with Gasteiger partial charge in [-0.25, -0.2) is 24.2 Å². The normalized spacial score (nSPS) is 26.0. The SMILES string of the molecule is CN(C)Cc1cncc(C2CCC3NNC(c4nc5nccc(-c6cccc(F)c6)c5[nH]4)C3C2F)c1. The molecule has 6 rings (SSSR count). The molecular formula is C27H29F2N7. The predicted octanol–water partition coefficient (Wildman–Crippen LogP) is 4.27. The number of hydrazine groups is 1. The number of alkyl halides is 1. The van der Waals surface area contributed by atoms with Crippen molar-refractivity contribution in [3.8, 4) is 11.1 Å². The monoisotopic (exact) mass is 489 g/mol. The van der Waals surface area contributed by atoms with Crippen molar-refractivity contribution in [2.45, 2.75) is 43.6 Å². The van der Waals surface area contributed by atoms with Crippen LogP contribution in [0.15, 0.2) is 55.0 Å². The van der Waals surface area contributed by atoms with E-state index in [4.69, 9.17) is 4.98 Å². The van der Waals surface area contributed by atoms with Crippen LogP contribution >= 0.6 is 0 Å². The fraction of sp³-hybridized carbons (Fsp3) is 0.370. The van der Waals surface area contributed by atoms with E-state index in [1.54, 1.807) is 18.5 Å². The Morgan fingerprint density at radius 1 is 1.08 bits per heavy atom. The van der Waals surface area contributed by atoms with Crippen LogP contribution in [0.2, 0.25) is 0 Å². The highest BCUT2D eigenvalue weighted by Crippen LogP contribution is 2.46. The summed E-state index contributed by atoms with van der Waals surface area (Å²) in [6, 6.07) is 10.0. The number of fused-ring (bicyclic) bond motifs is 2. The predicted molar refractivity (Wildman–Crippen MR) is 134 cm³/mol. The van der Waals surface area contributed by atoms with Gasteiger partial charge in [-0.05, 0) is 61.8 Å². The summed E-state index contributed by atoms with van der Waals surface area (Å²) in [5.74, 6) is -0.210. The molecule has 186 valence electrons. The van der Waals surface area contributed by atoms with Gasteiger partial charge in [0, 0.05) is 48.6 Å². The molecule has 9 heteroatoms. The van der Waals surface area contributed by atoms with Gasteiger partial charge in [-0.2, -0.15) is 0 Å². The van der Waals surface area contributed by atoms with Crippen LogP contribution in [0.1, 0.15) is 41.8 Å². The minimum Gasteiger partial charge on any atom is -0.339 e. The van der Waals surface area contributed by atoms with Gasteiger partial charge in [-0.3, -0.25) is 10.4 Å². The molecule has 7 nitrogen and oxygen atoms in total. The largest absolute Gasteiger partial charge is 0.339 e. The lowest BCUT2D eigenvalue weighted by atomic mass is 9.72. The van der Waals surface area contributed by atoms with Crippen LogP contribution in [0.3, 0.4) is 0 Å². The molecule has 2 fully saturated rings. The summed E-state index contributed by atoms with van der Waals surface area (Å²) >= 11 is 0. The number of aromatic amines is 1. The minimum absolute atomic E-state index is 0.00280. The van der Waals surface area contributed by atoms with Crippen LogP contribution in [-0.2, 0) is 6.54 Å². The Balaban J connectivity index is 1.32. The first-order chi connectivity index (χ1) is 17.5. The van der Waals surface area contributed by atoms with Crippen LogP contribution in [0.25, 0.3) is 22.3 Å². The topological polar surface area (TPSA) is 81.8 Å². The van der Waals surface area contributed by atoms with Gasteiger partial charge in [-0.1, -0.05) is 18.2 Å². The highest BCUT2D eigenvalue weighted by molar-refractivity contribution is 5.89. The molecule has 1 saturated heterocycles. The Bertz CT molecular complexity index is 1390. The third-order valence-corrected chi connectivity index (χ3v) is 7.40. The molecule has 1 saturated carbocycles. The number of hydrogen-bond acceptors (Lipinski definition) is 6. The molecule has 36 heavy (non-hydrogen) atoms. The average Bonchev–Trinajstić information content (AvgIpc) is 3.48. The van der Waals surface area contributed by atoms with E-state index in [1.165, 1.54) is 12.1 Å². The molecule has 0 amide bonds. The number of rotatable bonds is 5. The van der Waals surface area contributed by atoms with Gasteiger partial charge in [0.2, 0.25) is 0 Å². The van der Waals surface area contributed by atoms with Gasteiger partial charge >= 0.3 is 0 Å². The van der Waals surface area contributed by atoms with Gasteiger partial charge in [-0.15, -0.1) is 0 Å². The van der Waals surface area contributed by atoms with E-state index in [0.717, 1.165) is 41.6 Å². The van der Waals surface area contributed by atoms with E-state index >= 15 is 4.39 Å². The van der Waals surface area contributed by atoms with Crippen molar-refractivity contribution in [3.63, 3.8) is 0 Å². The molecule has 4 heterocycles. The fourth-order valence-electron chi connectivity index (χ4n) is 5.81. The van der Waals surface area contributed by atoms with Crippen LogP contribution in [-0.4, -0.2) is 51.1 Å². The molecule has 0 radical (unpaired) electrons.